The zero-order valence-electron chi connectivity index (χ0n) is 14.4. The molecule has 0 spiro atoms. The van der Waals surface area contributed by atoms with E-state index in [9.17, 15) is 4.79 Å². The number of thioether (sulfide) groups is 1. The Morgan fingerprint density at radius 2 is 2.00 bits per heavy atom. The number of carbonyl (C=O) groups is 1. The van der Waals surface area contributed by atoms with E-state index in [2.05, 4.69) is 45.5 Å². The summed E-state index contributed by atoms with van der Waals surface area (Å²) >= 11 is 5.19. The Hall–Kier alpha value is -2.02. The summed E-state index contributed by atoms with van der Waals surface area (Å²) in [6.45, 7) is 0.483. The fraction of sp³-hybridized carbons (Fsp3) is 0.190. The highest BCUT2D eigenvalue weighted by Crippen LogP contribution is 2.36. The molecule has 6 heteroatoms. The van der Waals surface area contributed by atoms with Gasteiger partial charge >= 0.3 is 5.97 Å². The second-order valence-corrected chi connectivity index (χ2v) is 8.38. The predicted octanol–water partition coefficient (Wildman–Crippen LogP) is 4.97. The van der Waals surface area contributed by atoms with E-state index in [1.807, 2.05) is 36.4 Å². The summed E-state index contributed by atoms with van der Waals surface area (Å²) in [5.41, 5.74) is 2.18. The SMILES string of the molecule is O=C(O)C1CSC(c2ccc(OCc3cccc4ccccc34)c(Br)c2)N1. The molecule has 27 heavy (non-hydrogen) atoms. The first-order chi connectivity index (χ1) is 13.1. The lowest BCUT2D eigenvalue weighted by Gasteiger charge is -2.15. The molecule has 1 heterocycles. The van der Waals surface area contributed by atoms with Crippen LogP contribution in [0.4, 0.5) is 0 Å². The highest BCUT2D eigenvalue weighted by atomic mass is 79.9. The van der Waals surface area contributed by atoms with Crippen LogP contribution in [0.15, 0.2) is 65.1 Å². The number of benzene rings is 3. The van der Waals surface area contributed by atoms with Gasteiger partial charge in [0.1, 0.15) is 18.4 Å². The van der Waals surface area contributed by atoms with E-state index in [-0.39, 0.29) is 5.37 Å². The van der Waals surface area contributed by atoms with Crippen molar-refractivity contribution < 1.29 is 14.6 Å². The van der Waals surface area contributed by atoms with Gasteiger partial charge in [-0.25, -0.2) is 0 Å². The van der Waals surface area contributed by atoms with Crippen molar-refractivity contribution >= 4 is 44.4 Å². The van der Waals surface area contributed by atoms with Crippen molar-refractivity contribution in [3.63, 3.8) is 0 Å². The van der Waals surface area contributed by atoms with Crippen LogP contribution < -0.4 is 10.1 Å². The van der Waals surface area contributed by atoms with Crippen LogP contribution in [0, 0.1) is 0 Å². The summed E-state index contributed by atoms with van der Waals surface area (Å²) in [5, 5.41) is 14.6. The van der Waals surface area contributed by atoms with Crippen LogP contribution in [0.1, 0.15) is 16.5 Å². The van der Waals surface area contributed by atoms with Gasteiger partial charge in [0.05, 0.1) is 9.85 Å². The number of ether oxygens (including phenoxy) is 1. The monoisotopic (exact) mass is 443 g/mol. The molecule has 2 atom stereocenters. The molecule has 3 aromatic carbocycles. The van der Waals surface area contributed by atoms with Gasteiger partial charge in [0.25, 0.3) is 0 Å². The molecule has 0 amide bonds. The van der Waals surface area contributed by atoms with E-state index >= 15 is 0 Å². The number of hydrogen-bond acceptors (Lipinski definition) is 4. The number of halogens is 1. The van der Waals surface area contributed by atoms with E-state index in [1.165, 1.54) is 10.8 Å². The average Bonchev–Trinajstić information content (AvgIpc) is 3.17. The summed E-state index contributed by atoms with van der Waals surface area (Å²) in [5.74, 6) is 0.528. The quantitative estimate of drug-likeness (QED) is 0.582. The number of carboxylic acid groups (broad SMARTS) is 1. The van der Waals surface area contributed by atoms with Crippen molar-refractivity contribution in [2.24, 2.45) is 0 Å². The molecular weight excluding hydrogens is 426 g/mol. The minimum atomic E-state index is -0.806. The van der Waals surface area contributed by atoms with Gasteiger partial charge in [-0.15, -0.1) is 11.8 Å². The molecule has 4 nitrogen and oxygen atoms in total. The smallest absolute Gasteiger partial charge is 0.321 e. The molecule has 2 N–H and O–H groups in total. The van der Waals surface area contributed by atoms with Gasteiger partial charge < -0.3 is 9.84 Å². The van der Waals surface area contributed by atoms with E-state index in [4.69, 9.17) is 9.84 Å². The summed E-state index contributed by atoms with van der Waals surface area (Å²) in [4.78, 5) is 11.1. The third kappa shape index (κ3) is 3.98. The van der Waals surface area contributed by atoms with Crippen LogP contribution in [0.5, 0.6) is 5.75 Å². The summed E-state index contributed by atoms with van der Waals surface area (Å²) in [6.07, 6.45) is 0. The maximum Gasteiger partial charge on any atom is 0.321 e. The first-order valence-corrected chi connectivity index (χ1v) is 10.5. The number of rotatable bonds is 5. The maximum absolute atomic E-state index is 11.1. The predicted molar refractivity (Wildman–Crippen MR) is 112 cm³/mol. The first kappa shape index (κ1) is 18.3. The molecule has 1 saturated heterocycles. The number of nitrogens with one attached hydrogen (secondary N) is 1. The minimum absolute atomic E-state index is 0.0190. The lowest BCUT2D eigenvalue weighted by Crippen LogP contribution is -2.33. The molecule has 3 aromatic rings. The maximum atomic E-state index is 11.1. The standard InChI is InChI=1S/C21H18BrNO3S/c22-17-10-14(20-23-18(12-27-20)21(24)25)8-9-19(17)26-11-15-6-3-5-13-4-1-2-7-16(13)15/h1-10,18,20,23H,11-12H2,(H,24,25). The van der Waals surface area contributed by atoms with Gasteiger partial charge in [-0.1, -0.05) is 48.5 Å². The Morgan fingerprint density at radius 3 is 2.78 bits per heavy atom. The van der Waals surface area contributed by atoms with Crippen LogP contribution >= 0.6 is 27.7 Å². The van der Waals surface area contributed by atoms with Crippen LogP contribution in [0.2, 0.25) is 0 Å². The Balaban J connectivity index is 1.48. The highest BCUT2D eigenvalue weighted by molar-refractivity contribution is 9.10. The fourth-order valence-corrected chi connectivity index (χ4v) is 4.91. The molecule has 1 fully saturated rings. The van der Waals surface area contributed by atoms with Gasteiger partial charge in [-0.2, -0.15) is 0 Å². The van der Waals surface area contributed by atoms with Gasteiger partial charge in [0.2, 0.25) is 0 Å². The fourth-order valence-electron chi connectivity index (χ4n) is 3.18. The lowest BCUT2D eigenvalue weighted by molar-refractivity contribution is -0.138. The summed E-state index contributed by atoms with van der Waals surface area (Å²) < 4.78 is 6.90. The van der Waals surface area contributed by atoms with Crippen LogP contribution in [-0.2, 0) is 11.4 Å². The summed E-state index contributed by atoms with van der Waals surface area (Å²) in [6, 6.07) is 19.9. The molecule has 0 radical (unpaired) electrons. The normalized spacial score (nSPS) is 19.3. The van der Waals surface area contributed by atoms with Crippen LogP contribution in [0.25, 0.3) is 10.8 Å². The lowest BCUT2D eigenvalue weighted by atomic mass is 10.1. The molecule has 0 aromatic heterocycles. The Kier molecular flexibility index (Phi) is 5.38. The Labute approximate surface area is 170 Å². The van der Waals surface area contributed by atoms with E-state index in [0.717, 1.165) is 21.3 Å². The Morgan fingerprint density at radius 1 is 1.19 bits per heavy atom. The molecule has 0 bridgehead atoms. The molecule has 138 valence electrons. The van der Waals surface area contributed by atoms with Crippen molar-refractivity contribution in [2.45, 2.75) is 18.0 Å². The van der Waals surface area contributed by atoms with E-state index < -0.39 is 12.0 Å². The van der Waals surface area contributed by atoms with Crippen molar-refractivity contribution in [1.29, 1.82) is 0 Å². The van der Waals surface area contributed by atoms with Crippen LogP contribution in [0.3, 0.4) is 0 Å². The van der Waals surface area contributed by atoms with Gasteiger partial charge in [0.15, 0.2) is 0 Å². The summed E-state index contributed by atoms with van der Waals surface area (Å²) in [7, 11) is 0. The third-order valence-corrected chi connectivity index (χ3v) is 6.49. The van der Waals surface area contributed by atoms with Gasteiger partial charge in [-0.05, 0) is 50.0 Å². The zero-order chi connectivity index (χ0) is 18.8. The van der Waals surface area contributed by atoms with Crippen molar-refractivity contribution in [1.82, 2.24) is 5.32 Å². The number of aliphatic carboxylic acids is 1. The number of hydrogen-bond donors (Lipinski definition) is 2. The topological polar surface area (TPSA) is 58.6 Å². The molecule has 2 unspecified atom stereocenters. The van der Waals surface area contributed by atoms with Crippen LogP contribution in [-0.4, -0.2) is 22.9 Å². The van der Waals surface area contributed by atoms with E-state index in [1.54, 1.807) is 11.8 Å². The molecule has 4 rings (SSSR count). The number of carboxylic acids is 1. The van der Waals surface area contributed by atoms with Crippen molar-refractivity contribution in [2.75, 3.05) is 5.75 Å². The second-order valence-electron chi connectivity index (χ2n) is 6.39. The number of fused-ring (bicyclic) bond motifs is 1. The van der Waals surface area contributed by atoms with Gasteiger partial charge in [-0.3, -0.25) is 10.1 Å². The minimum Gasteiger partial charge on any atom is -0.488 e. The molecule has 1 aliphatic rings. The van der Waals surface area contributed by atoms with E-state index in [0.29, 0.717) is 12.4 Å². The highest BCUT2D eigenvalue weighted by Gasteiger charge is 2.30. The second kappa shape index (κ2) is 7.92. The van der Waals surface area contributed by atoms with Crippen molar-refractivity contribution in [3.05, 3.63) is 76.3 Å². The van der Waals surface area contributed by atoms with Crippen molar-refractivity contribution in [3.8, 4) is 5.75 Å². The molecule has 1 aliphatic heterocycles. The third-order valence-electron chi connectivity index (χ3n) is 4.60. The molecular formula is C21H18BrNO3S. The zero-order valence-corrected chi connectivity index (χ0v) is 16.8. The first-order valence-electron chi connectivity index (χ1n) is 8.61. The Bertz CT molecular complexity index is 989. The largest absolute Gasteiger partial charge is 0.488 e. The molecule has 0 saturated carbocycles. The average molecular weight is 444 g/mol. The molecule has 0 aliphatic carbocycles. The van der Waals surface area contributed by atoms with Gasteiger partial charge in [0, 0.05) is 5.75 Å².